The Hall–Kier alpha value is -0.260. The monoisotopic (exact) mass is 199 g/mol. The first-order valence-electron chi connectivity index (χ1n) is 2.67. The average molecular weight is 200 g/mol. The molecule has 0 saturated heterocycles. The van der Waals surface area contributed by atoms with Crippen LogP contribution in [0.3, 0.4) is 0 Å². The third kappa shape index (κ3) is 17.7. The van der Waals surface area contributed by atoms with Crippen molar-refractivity contribution in [1.82, 2.24) is 0 Å². The molecular formula is C5H10ClNO3S. The third-order valence-corrected chi connectivity index (χ3v) is 0.907. The highest BCUT2D eigenvalue weighted by Crippen LogP contribution is 1.80. The number of carboxylic acids is 1. The standard InChI is InChI=1S/C3H7NO2S.C2H3ClO/c4-2(1-7)3(5)6;1-2(3)4/h2,7H,1,4H2,(H,5,6);1H3/t2-;/m0./s1. The predicted octanol–water partition coefficient (Wildman–Crippen LogP) is 0.0998. The molecular weight excluding hydrogens is 190 g/mol. The molecule has 0 aromatic rings. The Bertz CT molecular complexity index is 138. The Kier molecular flexibility index (Phi) is 9.51. The summed E-state index contributed by atoms with van der Waals surface area (Å²) in [4.78, 5) is 19.0. The van der Waals surface area contributed by atoms with Gasteiger partial charge in [0.2, 0.25) is 5.24 Å². The van der Waals surface area contributed by atoms with Crippen molar-refractivity contribution in [2.75, 3.05) is 5.75 Å². The summed E-state index contributed by atoms with van der Waals surface area (Å²) in [5, 5.41) is 7.65. The lowest BCUT2D eigenvalue weighted by molar-refractivity contribution is -0.137. The summed E-state index contributed by atoms with van der Waals surface area (Å²) in [5.74, 6) is -0.815. The van der Waals surface area contributed by atoms with Gasteiger partial charge in [-0.2, -0.15) is 12.6 Å². The summed E-state index contributed by atoms with van der Waals surface area (Å²) in [6.07, 6.45) is 0. The molecule has 0 aromatic heterocycles. The fourth-order valence-electron chi connectivity index (χ4n) is 0.0781. The molecule has 0 spiro atoms. The lowest BCUT2D eigenvalue weighted by atomic mass is 10.4. The minimum Gasteiger partial charge on any atom is -0.480 e. The molecule has 0 aliphatic heterocycles. The molecule has 0 rings (SSSR count). The van der Waals surface area contributed by atoms with Gasteiger partial charge in [-0.15, -0.1) is 0 Å². The normalized spacial score (nSPS) is 10.9. The molecule has 0 aliphatic carbocycles. The highest BCUT2D eigenvalue weighted by molar-refractivity contribution is 7.80. The lowest BCUT2D eigenvalue weighted by Crippen LogP contribution is -2.31. The van der Waals surface area contributed by atoms with Gasteiger partial charge in [-0.05, 0) is 11.6 Å². The van der Waals surface area contributed by atoms with E-state index in [2.05, 4.69) is 24.2 Å². The molecule has 0 heterocycles. The zero-order valence-corrected chi connectivity index (χ0v) is 7.60. The van der Waals surface area contributed by atoms with Crippen LogP contribution >= 0.6 is 24.2 Å². The first kappa shape index (κ1) is 13.3. The fraction of sp³-hybridized carbons (Fsp3) is 0.600. The van der Waals surface area contributed by atoms with E-state index in [1.54, 1.807) is 0 Å². The average Bonchev–Trinajstić information content (AvgIpc) is 1.85. The van der Waals surface area contributed by atoms with Gasteiger partial charge < -0.3 is 10.8 Å². The van der Waals surface area contributed by atoms with Crippen molar-refractivity contribution < 1.29 is 14.7 Å². The first-order valence-corrected chi connectivity index (χ1v) is 3.68. The van der Waals surface area contributed by atoms with E-state index in [1.807, 2.05) is 0 Å². The maximum atomic E-state index is 9.76. The molecule has 1 atom stereocenters. The summed E-state index contributed by atoms with van der Waals surface area (Å²) < 4.78 is 0. The van der Waals surface area contributed by atoms with E-state index in [-0.39, 0.29) is 11.0 Å². The van der Waals surface area contributed by atoms with Crippen LogP contribution in [0.4, 0.5) is 0 Å². The molecule has 0 fully saturated rings. The van der Waals surface area contributed by atoms with E-state index in [9.17, 15) is 9.59 Å². The second-order valence-corrected chi connectivity index (χ2v) is 2.49. The van der Waals surface area contributed by atoms with E-state index < -0.39 is 12.0 Å². The number of carbonyl (C=O) groups is 2. The molecule has 11 heavy (non-hydrogen) atoms. The molecule has 66 valence electrons. The Balaban J connectivity index is 0. The largest absolute Gasteiger partial charge is 0.480 e. The third-order valence-electron chi connectivity index (χ3n) is 0.514. The van der Waals surface area contributed by atoms with Crippen LogP contribution in [-0.4, -0.2) is 28.1 Å². The van der Waals surface area contributed by atoms with Crippen molar-refractivity contribution in [3.05, 3.63) is 0 Å². The number of nitrogens with two attached hydrogens (primary N) is 1. The number of rotatable bonds is 2. The van der Waals surface area contributed by atoms with Crippen LogP contribution in [0.25, 0.3) is 0 Å². The number of hydrogen-bond acceptors (Lipinski definition) is 4. The zero-order valence-electron chi connectivity index (χ0n) is 5.95. The quantitative estimate of drug-likeness (QED) is 0.435. The van der Waals surface area contributed by atoms with E-state index in [0.717, 1.165) is 0 Å². The molecule has 0 bridgehead atoms. The number of carboxylic acid groups (broad SMARTS) is 1. The number of hydrogen-bond donors (Lipinski definition) is 3. The van der Waals surface area contributed by atoms with Gasteiger partial charge in [-0.25, -0.2) is 0 Å². The summed E-state index contributed by atoms with van der Waals surface area (Å²) in [5.41, 5.74) is 4.94. The molecule has 0 aliphatic rings. The van der Waals surface area contributed by atoms with Crippen LogP contribution in [0.5, 0.6) is 0 Å². The van der Waals surface area contributed by atoms with Crippen molar-refractivity contribution in [2.45, 2.75) is 13.0 Å². The van der Waals surface area contributed by atoms with Crippen LogP contribution in [0, 0.1) is 0 Å². The van der Waals surface area contributed by atoms with Gasteiger partial charge in [0.25, 0.3) is 0 Å². The maximum absolute atomic E-state index is 9.76. The first-order chi connectivity index (χ1) is 4.91. The predicted molar refractivity (Wildman–Crippen MR) is 46.0 cm³/mol. The van der Waals surface area contributed by atoms with Gasteiger partial charge in [0.15, 0.2) is 0 Å². The molecule has 4 nitrogen and oxygen atoms in total. The molecule has 0 unspecified atom stereocenters. The van der Waals surface area contributed by atoms with Crippen LogP contribution in [-0.2, 0) is 9.59 Å². The Morgan fingerprint density at radius 1 is 1.73 bits per heavy atom. The van der Waals surface area contributed by atoms with Gasteiger partial charge in [0.05, 0.1) is 0 Å². The van der Waals surface area contributed by atoms with Crippen LogP contribution in [0.2, 0.25) is 0 Å². The van der Waals surface area contributed by atoms with Gasteiger partial charge in [0, 0.05) is 12.7 Å². The minimum atomic E-state index is -1.00. The Labute approximate surface area is 75.1 Å². The van der Waals surface area contributed by atoms with E-state index in [0.29, 0.717) is 0 Å². The Morgan fingerprint density at radius 3 is 2.00 bits per heavy atom. The zero-order chi connectivity index (χ0) is 9.44. The molecule has 0 aromatic carbocycles. The second kappa shape index (κ2) is 7.84. The summed E-state index contributed by atoms with van der Waals surface area (Å²) in [7, 11) is 0. The van der Waals surface area contributed by atoms with E-state index >= 15 is 0 Å². The summed E-state index contributed by atoms with van der Waals surface area (Å²) in [6, 6.07) is -0.816. The van der Waals surface area contributed by atoms with E-state index in [4.69, 9.17) is 10.8 Å². The number of thiol groups is 1. The maximum Gasteiger partial charge on any atom is 0.321 e. The van der Waals surface area contributed by atoms with Gasteiger partial charge in [0.1, 0.15) is 6.04 Å². The van der Waals surface area contributed by atoms with Crippen LogP contribution in [0.15, 0.2) is 0 Å². The molecule has 6 heteroatoms. The van der Waals surface area contributed by atoms with Crippen molar-refractivity contribution in [2.24, 2.45) is 5.73 Å². The minimum absolute atomic E-state index is 0.190. The van der Waals surface area contributed by atoms with Gasteiger partial charge in [-0.1, -0.05) is 0 Å². The number of halogens is 1. The second-order valence-electron chi connectivity index (χ2n) is 1.60. The fourth-order valence-corrected chi connectivity index (χ4v) is 0.234. The van der Waals surface area contributed by atoms with Gasteiger partial charge >= 0.3 is 5.97 Å². The van der Waals surface area contributed by atoms with Crippen LogP contribution < -0.4 is 5.73 Å². The molecule has 0 saturated carbocycles. The smallest absolute Gasteiger partial charge is 0.321 e. The summed E-state index contributed by atoms with van der Waals surface area (Å²) >= 11 is 8.28. The van der Waals surface area contributed by atoms with Crippen molar-refractivity contribution in [1.29, 1.82) is 0 Å². The highest BCUT2D eigenvalue weighted by Gasteiger charge is 2.06. The van der Waals surface area contributed by atoms with Gasteiger partial charge in [-0.3, -0.25) is 9.59 Å². The highest BCUT2D eigenvalue weighted by atomic mass is 35.5. The number of aliphatic carboxylic acids is 1. The molecule has 0 radical (unpaired) electrons. The molecule has 3 N–H and O–H groups in total. The Morgan fingerprint density at radius 2 is 2.00 bits per heavy atom. The lowest BCUT2D eigenvalue weighted by Gasteiger charge is -1.96. The van der Waals surface area contributed by atoms with Crippen molar-refractivity contribution in [3.8, 4) is 0 Å². The SMILES string of the molecule is CC(=O)Cl.N[C@@H](CS)C(=O)O. The topological polar surface area (TPSA) is 80.4 Å². The summed E-state index contributed by atoms with van der Waals surface area (Å²) in [6.45, 7) is 1.29. The van der Waals surface area contributed by atoms with Crippen molar-refractivity contribution in [3.63, 3.8) is 0 Å². The molecule has 0 amide bonds. The van der Waals surface area contributed by atoms with E-state index in [1.165, 1.54) is 6.92 Å². The van der Waals surface area contributed by atoms with Crippen molar-refractivity contribution >= 4 is 35.4 Å². The van der Waals surface area contributed by atoms with Crippen LogP contribution in [0.1, 0.15) is 6.92 Å². The number of carbonyl (C=O) groups excluding carboxylic acids is 1.